The minimum Gasteiger partial charge on any atom is -0.378 e. The third-order valence-electron chi connectivity index (χ3n) is 2.75. The Morgan fingerprint density at radius 3 is 2.84 bits per heavy atom. The largest absolute Gasteiger partial charge is 0.378 e. The molecule has 1 N–H and O–H groups in total. The zero-order valence-corrected chi connectivity index (χ0v) is 10.9. The van der Waals surface area contributed by atoms with E-state index in [0.717, 1.165) is 5.69 Å². The highest BCUT2D eigenvalue weighted by atomic mass is 19.1. The molecule has 0 unspecified atom stereocenters. The van der Waals surface area contributed by atoms with Crippen LogP contribution < -0.4 is 5.32 Å². The number of nitriles is 1. The first kappa shape index (κ1) is 13.1. The summed E-state index contributed by atoms with van der Waals surface area (Å²) in [6.45, 7) is 4.61. The molecule has 0 spiro atoms. The molecule has 98 valence electrons. The monoisotopic (exact) mass is 258 g/mol. The smallest absolute Gasteiger partial charge is 0.124 e. The normalized spacial score (nSPS) is 10.5. The predicted octanol–water partition coefficient (Wildman–Crippen LogP) is 3.09. The van der Waals surface area contributed by atoms with Crippen molar-refractivity contribution >= 4 is 5.69 Å². The van der Waals surface area contributed by atoms with Gasteiger partial charge in [-0.05, 0) is 38.1 Å². The van der Waals surface area contributed by atoms with Gasteiger partial charge in [0.2, 0.25) is 0 Å². The van der Waals surface area contributed by atoms with Crippen molar-refractivity contribution < 1.29 is 4.39 Å². The van der Waals surface area contributed by atoms with Crippen LogP contribution in [-0.4, -0.2) is 9.78 Å². The molecule has 0 saturated heterocycles. The van der Waals surface area contributed by atoms with Crippen LogP contribution in [0.1, 0.15) is 31.1 Å². The standard InChI is InChI=1S/C14H15FN4/c1-10(2)19-6-5-13(18-19)9-17-14-4-3-12(15)7-11(14)8-16/h3-7,10,17H,9H2,1-2H3. The van der Waals surface area contributed by atoms with Crippen molar-refractivity contribution in [3.8, 4) is 6.07 Å². The molecular weight excluding hydrogens is 243 g/mol. The molecule has 0 aliphatic carbocycles. The minimum absolute atomic E-state index is 0.295. The summed E-state index contributed by atoms with van der Waals surface area (Å²) in [4.78, 5) is 0. The SMILES string of the molecule is CC(C)n1ccc(CNc2ccc(F)cc2C#N)n1. The fraction of sp³-hybridized carbons (Fsp3) is 0.286. The molecule has 1 heterocycles. The van der Waals surface area contributed by atoms with Gasteiger partial charge in [0.25, 0.3) is 0 Å². The molecule has 19 heavy (non-hydrogen) atoms. The number of hydrogen-bond donors (Lipinski definition) is 1. The van der Waals surface area contributed by atoms with Crippen LogP contribution in [0.2, 0.25) is 0 Å². The summed E-state index contributed by atoms with van der Waals surface area (Å²) < 4.78 is 14.9. The Kier molecular flexibility index (Phi) is 3.81. The van der Waals surface area contributed by atoms with Crippen LogP contribution in [0.25, 0.3) is 0 Å². The van der Waals surface area contributed by atoms with Gasteiger partial charge in [-0.1, -0.05) is 0 Å². The third kappa shape index (κ3) is 3.10. The molecule has 0 amide bonds. The Balaban J connectivity index is 2.08. The number of anilines is 1. The van der Waals surface area contributed by atoms with Gasteiger partial charge in [0.15, 0.2) is 0 Å². The van der Waals surface area contributed by atoms with E-state index in [-0.39, 0.29) is 0 Å². The highest BCUT2D eigenvalue weighted by molar-refractivity contribution is 5.57. The summed E-state index contributed by atoms with van der Waals surface area (Å²) in [7, 11) is 0. The fourth-order valence-electron chi connectivity index (χ4n) is 1.71. The molecule has 0 atom stereocenters. The molecule has 4 nitrogen and oxygen atoms in total. The molecule has 2 rings (SSSR count). The number of hydrogen-bond acceptors (Lipinski definition) is 3. The molecule has 0 bridgehead atoms. The van der Waals surface area contributed by atoms with Crippen LogP contribution in [-0.2, 0) is 6.54 Å². The summed E-state index contributed by atoms with van der Waals surface area (Å²) in [5.41, 5.74) is 1.79. The summed E-state index contributed by atoms with van der Waals surface area (Å²) in [5.74, 6) is -0.411. The molecule has 0 aliphatic heterocycles. The maximum Gasteiger partial charge on any atom is 0.124 e. The van der Waals surface area contributed by atoms with Crippen LogP contribution in [0.4, 0.5) is 10.1 Å². The summed E-state index contributed by atoms with van der Waals surface area (Å²) in [6, 6.07) is 8.31. The van der Waals surface area contributed by atoms with Crippen LogP contribution in [0.15, 0.2) is 30.5 Å². The molecule has 5 heteroatoms. The molecule has 1 aromatic heterocycles. The number of nitrogens with zero attached hydrogens (tertiary/aromatic N) is 3. The zero-order chi connectivity index (χ0) is 13.8. The lowest BCUT2D eigenvalue weighted by atomic mass is 10.2. The summed E-state index contributed by atoms with van der Waals surface area (Å²) >= 11 is 0. The number of benzene rings is 1. The molecule has 0 radical (unpaired) electrons. The van der Waals surface area contributed by atoms with Gasteiger partial charge in [-0.25, -0.2) is 4.39 Å². The number of aromatic nitrogens is 2. The van der Waals surface area contributed by atoms with Gasteiger partial charge in [-0.3, -0.25) is 4.68 Å². The first-order valence-electron chi connectivity index (χ1n) is 6.07. The van der Waals surface area contributed by atoms with Crippen molar-refractivity contribution in [1.82, 2.24) is 9.78 Å². The van der Waals surface area contributed by atoms with E-state index in [2.05, 4.69) is 24.3 Å². The van der Waals surface area contributed by atoms with Crippen molar-refractivity contribution in [3.63, 3.8) is 0 Å². The third-order valence-corrected chi connectivity index (χ3v) is 2.75. The molecule has 0 saturated carbocycles. The average molecular weight is 258 g/mol. The fourth-order valence-corrected chi connectivity index (χ4v) is 1.71. The molecule has 0 aliphatic rings. The van der Waals surface area contributed by atoms with E-state index in [4.69, 9.17) is 5.26 Å². The molecular formula is C14H15FN4. The second-order valence-corrected chi connectivity index (χ2v) is 4.54. The van der Waals surface area contributed by atoms with E-state index in [9.17, 15) is 4.39 Å². The van der Waals surface area contributed by atoms with Crippen LogP contribution >= 0.6 is 0 Å². The van der Waals surface area contributed by atoms with Gasteiger partial charge < -0.3 is 5.32 Å². The minimum atomic E-state index is -0.411. The van der Waals surface area contributed by atoms with Crippen LogP contribution in [0, 0.1) is 17.1 Å². The van der Waals surface area contributed by atoms with Gasteiger partial charge in [0.1, 0.15) is 11.9 Å². The van der Waals surface area contributed by atoms with E-state index in [1.807, 2.05) is 23.0 Å². The first-order chi connectivity index (χ1) is 9.10. The average Bonchev–Trinajstić information content (AvgIpc) is 2.86. The van der Waals surface area contributed by atoms with Gasteiger partial charge in [0, 0.05) is 12.2 Å². The highest BCUT2D eigenvalue weighted by Gasteiger charge is 2.05. The van der Waals surface area contributed by atoms with Crippen LogP contribution in [0.5, 0.6) is 0 Å². The van der Waals surface area contributed by atoms with E-state index in [1.165, 1.54) is 12.1 Å². The van der Waals surface area contributed by atoms with E-state index in [0.29, 0.717) is 23.8 Å². The highest BCUT2D eigenvalue weighted by Crippen LogP contribution is 2.17. The van der Waals surface area contributed by atoms with E-state index >= 15 is 0 Å². The lowest BCUT2D eigenvalue weighted by Crippen LogP contribution is -2.05. The Labute approximate surface area is 111 Å². The summed E-state index contributed by atoms with van der Waals surface area (Å²) in [5, 5.41) is 16.4. The van der Waals surface area contributed by atoms with Gasteiger partial charge in [-0.15, -0.1) is 0 Å². The quantitative estimate of drug-likeness (QED) is 0.916. The van der Waals surface area contributed by atoms with Crippen molar-refractivity contribution in [1.29, 1.82) is 5.26 Å². The first-order valence-corrected chi connectivity index (χ1v) is 6.07. The Morgan fingerprint density at radius 1 is 1.42 bits per heavy atom. The van der Waals surface area contributed by atoms with Crippen molar-refractivity contribution in [2.75, 3.05) is 5.32 Å². The maximum absolute atomic E-state index is 13.0. The Bertz CT molecular complexity index is 610. The topological polar surface area (TPSA) is 53.6 Å². The summed E-state index contributed by atoms with van der Waals surface area (Å²) in [6.07, 6.45) is 1.91. The molecule has 2 aromatic rings. The Morgan fingerprint density at radius 2 is 2.21 bits per heavy atom. The van der Waals surface area contributed by atoms with Crippen molar-refractivity contribution in [2.45, 2.75) is 26.4 Å². The predicted molar refractivity (Wildman–Crippen MR) is 71.1 cm³/mol. The van der Waals surface area contributed by atoms with Gasteiger partial charge in [-0.2, -0.15) is 10.4 Å². The maximum atomic E-state index is 13.0. The van der Waals surface area contributed by atoms with Crippen molar-refractivity contribution in [3.05, 3.63) is 47.5 Å². The second-order valence-electron chi connectivity index (χ2n) is 4.54. The van der Waals surface area contributed by atoms with Gasteiger partial charge in [0.05, 0.1) is 23.5 Å². The lowest BCUT2D eigenvalue weighted by Gasteiger charge is -2.07. The van der Waals surface area contributed by atoms with Gasteiger partial charge >= 0.3 is 0 Å². The number of halogens is 1. The Hall–Kier alpha value is -2.35. The van der Waals surface area contributed by atoms with Crippen LogP contribution in [0.3, 0.4) is 0 Å². The number of rotatable bonds is 4. The molecule has 0 fully saturated rings. The second kappa shape index (κ2) is 5.53. The van der Waals surface area contributed by atoms with E-state index < -0.39 is 5.82 Å². The zero-order valence-electron chi connectivity index (χ0n) is 10.9. The lowest BCUT2D eigenvalue weighted by molar-refractivity contribution is 0.527. The van der Waals surface area contributed by atoms with Crippen molar-refractivity contribution in [2.24, 2.45) is 0 Å². The van der Waals surface area contributed by atoms with E-state index in [1.54, 1.807) is 6.07 Å². The molecule has 1 aromatic carbocycles. The number of nitrogens with one attached hydrogen (secondary N) is 1.